The van der Waals surface area contributed by atoms with Crippen molar-refractivity contribution in [2.24, 2.45) is 29.6 Å². The lowest BCUT2D eigenvalue weighted by Gasteiger charge is -2.23. The van der Waals surface area contributed by atoms with Crippen LogP contribution < -0.4 is 0 Å². The van der Waals surface area contributed by atoms with E-state index in [1.165, 1.54) is 19.3 Å². The van der Waals surface area contributed by atoms with E-state index >= 15 is 0 Å². The summed E-state index contributed by atoms with van der Waals surface area (Å²) in [4.78, 5) is 11.7. The highest BCUT2D eigenvalue weighted by molar-refractivity contribution is 5.72. The van der Waals surface area contributed by atoms with Gasteiger partial charge in [0.2, 0.25) is 0 Å². The van der Waals surface area contributed by atoms with E-state index in [1.807, 2.05) is 6.92 Å². The van der Waals surface area contributed by atoms with Crippen LogP contribution in [0.1, 0.15) is 39.0 Å². The van der Waals surface area contributed by atoms with Gasteiger partial charge in [0.05, 0.1) is 12.5 Å². The van der Waals surface area contributed by atoms with Gasteiger partial charge in [-0.2, -0.15) is 0 Å². The number of rotatable bonds is 2. The molecular weight excluding hydrogens is 188 g/mol. The molecule has 0 spiro atoms. The molecule has 0 saturated heterocycles. The van der Waals surface area contributed by atoms with Crippen LogP contribution in [0.5, 0.6) is 0 Å². The van der Waals surface area contributed by atoms with Gasteiger partial charge in [-0.1, -0.05) is 0 Å². The molecule has 0 aromatic heterocycles. The van der Waals surface area contributed by atoms with Crippen LogP contribution in [-0.4, -0.2) is 12.6 Å². The second-order valence-corrected chi connectivity index (χ2v) is 5.58. The molecule has 3 rings (SSSR count). The fraction of sp³-hybridized carbons (Fsp3) is 0.923. The first-order valence-electron chi connectivity index (χ1n) is 6.46. The van der Waals surface area contributed by atoms with Crippen molar-refractivity contribution in [1.29, 1.82) is 0 Å². The second-order valence-electron chi connectivity index (χ2n) is 5.58. The SMILES string of the molecule is CCOC(=O)C1CC2[C@@H]3CC[C@H](C3)[C@@H]2C1. The molecule has 0 amide bonds. The highest BCUT2D eigenvalue weighted by Crippen LogP contribution is 2.60. The molecule has 2 heteroatoms. The summed E-state index contributed by atoms with van der Waals surface area (Å²) in [6.45, 7) is 2.44. The van der Waals surface area contributed by atoms with Gasteiger partial charge in [-0.15, -0.1) is 0 Å². The third kappa shape index (κ3) is 1.41. The molecule has 0 aromatic carbocycles. The van der Waals surface area contributed by atoms with Crippen LogP contribution in [0.2, 0.25) is 0 Å². The summed E-state index contributed by atoms with van der Waals surface area (Å²) in [6, 6.07) is 0. The summed E-state index contributed by atoms with van der Waals surface area (Å²) in [6.07, 6.45) is 6.59. The molecule has 0 radical (unpaired) electrons. The lowest BCUT2D eigenvalue weighted by molar-refractivity contribution is -0.148. The van der Waals surface area contributed by atoms with E-state index in [2.05, 4.69) is 0 Å². The van der Waals surface area contributed by atoms with E-state index in [0.717, 1.165) is 36.5 Å². The number of esters is 1. The molecule has 0 aromatic rings. The summed E-state index contributed by atoms with van der Waals surface area (Å²) in [5.41, 5.74) is 0. The van der Waals surface area contributed by atoms with Gasteiger partial charge >= 0.3 is 5.97 Å². The fourth-order valence-electron chi connectivity index (χ4n) is 4.47. The van der Waals surface area contributed by atoms with Crippen molar-refractivity contribution < 1.29 is 9.53 Å². The smallest absolute Gasteiger partial charge is 0.308 e. The van der Waals surface area contributed by atoms with Crippen LogP contribution in [0, 0.1) is 29.6 Å². The maximum Gasteiger partial charge on any atom is 0.308 e. The Bertz CT molecular complexity index is 256. The van der Waals surface area contributed by atoms with Gasteiger partial charge < -0.3 is 4.74 Å². The molecule has 5 atom stereocenters. The molecule has 2 bridgehead atoms. The van der Waals surface area contributed by atoms with Crippen LogP contribution >= 0.6 is 0 Å². The number of fused-ring (bicyclic) bond motifs is 5. The zero-order chi connectivity index (χ0) is 10.4. The molecule has 3 aliphatic carbocycles. The summed E-state index contributed by atoms with van der Waals surface area (Å²) in [5, 5.41) is 0. The number of carbonyl (C=O) groups is 1. The summed E-state index contributed by atoms with van der Waals surface area (Å²) in [7, 11) is 0. The molecule has 0 N–H and O–H groups in total. The summed E-state index contributed by atoms with van der Waals surface area (Å²) < 4.78 is 5.14. The van der Waals surface area contributed by atoms with E-state index < -0.39 is 0 Å². The molecule has 3 saturated carbocycles. The minimum atomic E-state index is 0.0753. The molecule has 2 nitrogen and oxygen atoms in total. The molecule has 3 fully saturated rings. The quantitative estimate of drug-likeness (QED) is 0.652. The van der Waals surface area contributed by atoms with Gasteiger partial charge in [-0.3, -0.25) is 4.79 Å². The average Bonchev–Trinajstić information content (AvgIpc) is 2.90. The third-order valence-corrected chi connectivity index (χ3v) is 5.01. The molecule has 3 aliphatic rings. The zero-order valence-corrected chi connectivity index (χ0v) is 9.45. The first-order valence-corrected chi connectivity index (χ1v) is 6.46. The largest absolute Gasteiger partial charge is 0.466 e. The van der Waals surface area contributed by atoms with Crippen molar-refractivity contribution in [2.75, 3.05) is 6.61 Å². The topological polar surface area (TPSA) is 26.3 Å². The van der Waals surface area contributed by atoms with Crippen molar-refractivity contribution in [3.8, 4) is 0 Å². The lowest BCUT2D eigenvalue weighted by Crippen LogP contribution is -2.16. The van der Waals surface area contributed by atoms with Crippen LogP contribution in [0.3, 0.4) is 0 Å². The average molecular weight is 208 g/mol. The van der Waals surface area contributed by atoms with Gasteiger partial charge in [-0.05, 0) is 62.7 Å². The molecular formula is C13H20O2. The second kappa shape index (κ2) is 3.50. The Kier molecular flexibility index (Phi) is 2.26. The van der Waals surface area contributed by atoms with Gasteiger partial charge in [0.15, 0.2) is 0 Å². The molecule has 15 heavy (non-hydrogen) atoms. The highest BCUT2D eigenvalue weighted by atomic mass is 16.5. The van der Waals surface area contributed by atoms with Crippen molar-refractivity contribution in [3.05, 3.63) is 0 Å². The number of ether oxygens (including phenoxy) is 1. The van der Waals surface area contributed by atoms with Crippen LogP contribution in [0.4, 0.5) is 0 Å². The Hall–Kier alpha value is -0.530. The number of hydrogen-bond acceptors (Lipinski definition) is 2. The Morgan fingerprint density at radius 1 is 1.13 bits per heavy atom. The van der Waals surface area contributed by atoms with E-state index in [9.17, 15) is 4.79 Å². The number of hydrogen-bond donors (Lipinski definition) is 0. The van der Waals surface area contributed by atoms with E-state index in [0.29, 0.717) is 6.61 Å². The molecule has 84 valence electrons. The monoisotopic (exact) mass is 208 g/mol. The van der Waals surface area contributed by atoms with Crippen molar-refractivity contribution in [1.82, 2.24) is 0 Å². The van der Waals surface area contributed by atoms with Crippen molar-refractivity contribution in [2.45, 2.75) is 39.0 Å². The predicted octanol–water partition coefficient (Wildman–Crippen LogP) is 2.62. The first kappa shape index (κ1) is 9.68. The maximum atomic E-state index is 11.7. The Morgan fingerprint density at radius 2 is 1.73 bits per heavy atom. The highest BCUT2D eigenvalue weighted by Gasteiger charge is 2.53. The lowest BCUT2D eigenvalue weighted by atomic mass is 9.82. The van der Waals surface area contributed by atoms with Crippen molar-refractivity contribution in [3.63, 3.8) is 0 Å². The predicted molar refractivity (Wildman–Crippen MR) is 57.2 cm³/mol. The maximum absolute atomic E-state index is 11.7. The summed E-state index contributed by atoms with van der Waals surface area (Å²) >= 11 is 0. The zero-order valence-electron chi connectivity index (χ0n) is 9.45. The molecule has 0 heterocycles. The van der Waals surface area contributed by atoms with Crippen molar-refractivity contribution >= 4 is 5.97 Å². The minimum absolute atomic E-state index is 0.0753. The minimum Gasteiger partial charge on any atom is -0.466 e. The normalized spacial score (nSPS) is 46.9. The van der Waals surface area contributed by atoms with Crippen LogP contribution in [-0.2, 0) is 9.53 Å². The van der Waals surface area contributed by atoms with E-state index in [4.69, 9.17) is 4.74 Å². The standard InChI is InChI=1S/C13H20O2/c1-2-15-13(14)10-6-11-8-3-4-9(5-8)12(11)7-10/h8-12H,2-7H2,1H3/t8-,9-,10?,11+,12?/m1/s1. The first-order chi connectivity index (χ1) is 7.29. The van der Waals surface area contributed by atoms with Gasteiger partial charge in [-0.25, -0.2) is 0 Å². The third-order valence-electron chi connectivity index (χ3n) is 5.01. The van der Waals surface area contributed by atoms with Gasteiger partial charge in [0.25, 0.3) is 0 Å². The molecule has 2 unspecified atom stereocenters. The molecule has 0 aliphatic heterocycles. The van der Waals surface area contributed by atoms with Crippen LogP contribution in [0.15, 0.2) is 0 Å². The van der Waals surface area contributed by atoms with Crippen LogP contribution in [0.25, 0.3) is 0 Å². The fourth-order valence-corrected chi connectivity index (χ4v) is 4.47. The Balaban J connectivity index is 1.66. The number of carbonyl (C=O) groups excluding carboxylic acids is 1. The Morgan fingerprint density at radius 3 is 2.27 bits per heavy atom. The van der Waals surface area contributed by atoms with Gasteiger partial charge in [0, 0.05) is 0 Å². The summed E-state index contributed by atoms with van der Waals surface area (Å²) in [5.74, 6) is 3.98. The van der Waals surface area contributed by atoms with E-state index in [1.54, 1.807) is 0 Å². The Labute approximate surface area is 91.4 Å². The van der Waals surface area contributed by atoms with Gasteiger partial charge in [0.1, 0.15) is 0 Å². The van der Waals surface area contributed by atoms with E-state index in [-0.39, 0.29) is 11.9 Å².